The summed E-state index contributed by atoms with van der Waals surface area (Å²) in [6.07, 6.45) is -1.29. The first-order valence-electron chi connectivity index (χ1n) is 6.44. The predicted octanol–water partition coefficient (Wildman–Crippen LogP) is 1.37. The van der Waals surface area contributed by atoms with Gasteiger partial charge in [0.15, 0.2) is 5.79 Å². The molecule has 2 atom stereocenters. The van der Waals surface area contributed by atoms with Crippen LogP contribution >= 0.6 is 0 Å². The molecule has 1 heterocycles. The summed E-state index contributed by atoms with van der Waals surface area (Å²) in [4.78, 5) is 13.3. The minimum absolute atomic E-state index is 0.116. The monoisotopic (exact) mass is 275 g/mol. The lowest BCUT2D eigenvalue weighted by molar-refractivity contribution is -0.204. The van der Waals surface area contributed by atoms with Crippen molar-refractivity contribution in [3.63, 3.8) is 0 Å². The average Bonchev–Trinajstić information content (AvgIpc) is 2.35. The number of hydrogen-bond donors (Lipinski definition) is 1. The van der Waals surface area contributed by atoms with Crippen molar-refractivity contribution >= 4 is 6.09 Å². The van der Waals surface area contributed by atoms with Gasteiger partial charge in [0.25, 0.3) is 0 Å². The Morgan fingerprint density at radius 1 is 1.32 bits per heavy atom. The number of amides is 1. The van der Waals surface area contributed by atoms with Crippen molar-refractivity contribution in [2.45, 2.75) is 58.2 Å². The van der Waals surface area contributed by atoms with Crippen molar-refractivity contribution in [2.75, 3.05) is 20.3 Å². The minimum Gasteiger partial charge on any atom is -0.444 e. The molecule has 6 heteroatoms. The van der Waals surface area contributed by atoms with Gasteiger partial charge in [0.05, 0.1) is 19.3 Å². The van der Waals surface area contributed by atoms with E-state index in [1.165, 1.54) is 4.90 Å². The molecule has 6 nitrogen and oxygen atoms in total. The van der Waals surface area contributed by atoms with E-state index in [2.05, 4.69) is 0 Å². The quantitative estimate of drug-likeness (QED) is 0.782. The Bertz CT molecular complexity index is 323. The van der Waals surface area contributed by atoms with Crippen LogP contribution in [0.1, 0.15) is 34.6 Å². The normalized spacial score (nSPS) is 27.5. The second-order valence-corrected chi connectivity index (χ2v) is 6.25. The Labute approximate surface area is 114 Å². The number of ether oxygens (including phenoxy) is 3. The third-order valence-corrected chi connectivity index (χ3v) is 2.83. The van der Waals surface area contributed by atoms with E-state index in [0.717, 1.165) is 0 Å². The summed E-state index contributed by atoms with van der Waals surface area (Å²) in [5.74, 6) is -0.759. The molecule has 1 saturated heterocycles. The highest BCUT2D eigenvalue weighted by Crippen LogP contribution is 2.21. The SMILES string of the molecule is CN(C(=O)OC(C)(C)C)[C@@H]1COC(C)(C)OC[C@H]1O. The minimum atomic E-state index is -0.806. The number of likely N-dealkylation sites (N-methyl/N-ethyl adjacent to an activating group) is 1. The molecule has 0 aliphatic carbocycles. The topological polar surface area (TPSA) is 68.2 Å². The number of rotatable bonds is 1. The number of aliphatic hydroxyl groups excluding tert-OH is 1. The van der Waals surface area contributed by atoms with Crippen LogP contribution in [0.5, 0.6) is 0 Å². The molecule has 1 N–H and O–H groups in total. The summed E-state index contributed by atoms with van der Waals surface area (Å²) in [6.45, 7) is 9.25. The van der Waals surface area contributed by atoms with Crippen molar-refractivity contribution in [1.82, 2.24) is 4.90 Å². The maximum absolute atomic E-state index is 12.0. The van der Waals surface area contributed by atoms with Crippen LogP contribution in [0.25, 0.3) is 0 Å². The fourth-order valence-corrected chi connectivity index (χ4v) is 1.68. The molecule has 0 aromatic heterocycles. The molecule has 1 amide bonds. The molecule has 112 valence electrons. The average molecular weight is 275 g/mol. The van der Waals surface area contributed by atoms with E-state index in [9.17, 15) is 9.90 Å². The van der Waals surface area contributed by atoms with Crippen LogP contribution in [-0.4, -0.2) is 59.9 Å². The molecular formula is C13H25NO5. The van der Waals surface area contributed by atoms with E-state index in [0.29, 0.717) is 0 Å². The van der Waals surface area contributed by atoms with Gasteiger partial charge in [-0.1, -0.05) is 0 Å². The van der Waals surface area contributed by atoms with E-state index in [-0.39, 0.29) is 13.2 Å². The first-order valence-corrected chi connectivity index (χ1v) is 6.44. The molecule has 0 saturated carbocycles. The highest BCUT2D eigenvalue weighted by Gasteiger charge is 2.36. The summed E-state index contributed by atoms with van der Waals surface area (Å²) in [5.41, 5.74) is -0.572. The van der Waals surface area contributed by atoms with Gasteiger partial charge in [-0.15, -0.1) is 0 Å². The molecule has 19 heavy (non-hydrogen) atoms. The van der Waals surface area contributed by atoms with Gasteiger partial charge in [-0.2, -0.15) is 0 Å². The van der Waals surface area contributed by atoms with Crippen molar-refractivity contribution in [2.24, 2.45) is 0 Å². The Morgan fingerprint density at radius 3 is 2.37 bits per heavy atom. The van der Waals surface area contributed by atoms with E-state index in [4.69, 9.17) is 14.2 Å². The van der Waals surface area contributed by atoms with E-state index < -0.39 is 29.6 Å². The third-order valence-electron chi connectivity index (χ3n) is 2.83. The number of hydrogen-bond acceptors (Lipinski definition) is 5. The lowest BCUT2D eigenvalue weighted by Crippen LogP contribution is -2.49. The van der Waals surface area contributed by atoms with E-state index in [1.807, 2.05) is 0 Å². The van der Waals surface area contributed by atoms with Gasteiger partial charge in [-0.05, 0) is 34.6 Å². The fourth-order valence-electron chi connectivity index (χ4n) is 1.68. The van der Waals surface area contributed by atoms with Gasteiger partial charge in [0.1, 0.15) is 11.7 Å². The van der Waals surface area contributed by atoms with Gasteiger partial charge in [0, 0.05) is 7.05 Å². The van der Waals surface area contributed by atoms with E-state index >= 15 is 0 Å². The van der Waals surface area contributed by atoms with Gasteiger partial charge >= 0.3 is 6.09 Å². The summed E-state index contributed by atoms with van der Waals surface area (Å²) in [5, 5.41) is 10.0. The zero-order chi connectivity index (χ0) is 14.8. The van der Waals surface area contributed by atoms with Crippen LogP contribution in [0.3, 0.4) is 0 Å². The molecule has 0 bridgehead atoms. The highest BCUT2D eigenvalue weighted by atomic mass is 16.7. The van der Waals surface area contributed by atoms with Crippen molar-refractivity contribution < 1.29 is 24.1 Å². The molecule has 1 aliphatic heterocycles. The number of nitrogens with zero attached hydrogens (tertiary/aromatic N) is 1. The standard InChI is InChI=1S/C13H25NO5/c1-12(2,3)19-11(16)14(6)9-7-17-13(4,5)18-8-10(9)15/h9-10,15H,7-8H2,1-6H3/t9-,10-/m1/s1. The summed E-state index contributed by atoms with van der Waals surface area (Å²) in [6, 6.07) is -0.489. The number of aliphatic hydroxyl groups is 1. The van der Waals surface area contributed by atoms with Crippen LogP contribution in [0.4, 0.5) is 4.79 Å². The predicted molar refractivity (Wildman–Crippen MR) is 69.8 cm³/mol. The van der Waals surface area contributed by atoms with Crippen molar-refractivity contribution in [1.29, 1.82) is 0 Å². The lowest BCUT2D eigenvalue weighted by Gasteiger charge is -2.31. The second kappa shape index (κ2) is 5.64. The molecule has 0 unspecified atom stereocenters. The first-order chi connectivity index (χ1) is 8.52. The van der Waals surface area contributed by atoms with Crippen LogP contribution in [-0.2, 0) is 14.2 Å². The molecule has 0 aromatic carbocycles. The van der Waals surface area contributed by atoms with Crippen molar-refractivity contribution in [3.05, 3.63) is 0 Å². The van der Waals surface area contributed by atoms with Gasteiger partial charge in [-0.25, -0.2) is 4.79 Å². The highest BCUT2D eigenvalue weighted by molar-refractivity contribution is 5.68. The summed E-state index contributed by atoms with van der Waals surface area (Å²) >= 11 is 0. The zero-order valence-corrected chi connectivity index (χ0v) is 12.6. The van der Waals surface area contributed by atoms with Crippen LogP contribution in [0.2, 0.25) is 0 Å². The Kier molecular flexibility index (Phi) is 4.81. The molecule has 0 spiro atoms. The summed E-state index contributed by atoms with van der Waals surface area (Å²) < 4.78 is 16.2. The van der Waals surface area contributed by atoms with Crippen molar-refractivity contribution in [3.8, 4) is 0 Å². The Balaban J connectivity index is 2.69. The maximum atomic E-state index is 12.0. The molecule has 1 aliphatic rings. The van der Waals surface area contributed by atoms with Gasteiger partial charge in [-0.3, -0.25) is 0 Å². The smallest absolute Gasteiger partial charge is 0.410 e. The number of carbonyl (C=O) groups is 1. The first kappa shape index (κ1) is 16.2. The fraction of sp³-hybridized carbons (Fsp3) is 0.923. The Morgan fingerprint density at radius 2 is 1.84 bits per heavy atom. The lowest BCUT2D eigenvalue weighted by atomic mass is 10.1. The molecule has 1 fully saturated rings. The maximum Gasteiger partial charge on any atom is 0.410 e. The Hall–Kier alpha value is -0.850. The summed E-state index contributed by atoms with van der Waals surface area (Å²) in [7, 11) is 1.59. The molecule has 0 aromatic rings. The molecule has 1 rings (SSSR count). The largest absolute Gasteiger partial charge is 0.444 e. The molecular weight excluding hydrogens is 250 g/mol. The van der Waals surface area contributed by atoms with E-state index in [1.54, 1.807) is 41.7 Å². The van der Waals surface area contributed by atoms with Crippen LogP contribution in [0.15, 0.2) is 0 Å². The van der Waals surface area contributed by atoms with Gasteiger partial charge < -0.3 is 24.2 Å². The van der Waals surface area contributed by atoms with Gasteiger partial charge in [0.2, 0.25) is 0 Å². The number of carbonyl (C=O) groups excluding carboxylic acids is 1. The zero-order valence-electron chi connectivity index (χ0n) is 12.6. The third kappa shape index (κ3) is 4.97. The second-order valence-electron chi connectivity index (χ2n) is 6.25. The van der Waals surface area contributed by atoms with Crippen LogP contribution in [0, 0.1) is 0 Å². The van der Waals surface area contributed by atoms with Crippen LogP contribution < -0.4 is 0 Å². The molecule has 0 radical (unpaired) electrons.